The Kier molecular flexibility index (Phi) is 2.27. The fourth-order valence-corrected chi connectivity index (χ4v) is 1.14. The van der Waals surface area contributed by atoms with Crippen molar-refractivity contribution in [3.63, 3.8) is 0 Å². The molecule has 3 heteroatoms. The summed E-state index contributed by atoms with van der Waals surface area (Å²) in [5, 5.41) is 6.04. The highest BCUT2D eigenvalue weighted by atomic mass is 16.2. The minimum Gasteiger partial charge on any atom is -0.351 e. The summed E-state index contributed by atoms with van der Waals surface area (Å²) in [4.78, 5) is 11.1. The van der Waals surface area contributed by atoms with E-state index in [2.05, 4.69) is 10.6 Å². The lowest BCUT2D eigenvalue weighted by Gasteiger charge is -2.27. The zero-order chi connectivity index (χ0) is 7.56. The van der Waals surface area contributed by atoms with E-state index in [1.165, 1.54) is 0 Å². The molecule has 0 saturated carbocycles. The van der Waals surface area contributed by atoms with Gasteiger partial charge in [-0.15, -0.1) is 0 Å². The molecule has 2 N–H and O–H groups in total. The molecule has 0 bridgehead atoms. The number of amides is 1. The molecule has 0 radical (unpaired) electrons. The maximum absolute atomic E-state index is 11.1. The van der Waals surface area contributed by atoms with Gasteiger partial charge in [0.25, 0.3) is 0 Å². The van der Waals surface area contributed by atoms with Crippen molar-refractivity contribution in [3.8, 4) is 0 Å². The minimum absolute atomic E-state index is 0.0381. The predicted molar refractivity (Wildman–Crippen MR) is 39.7 cm³/mol. The monoisotopic (exact) mass is 142 g/mol. The van der Waals surface area contributed by atoms with Crippen molar-refractivity contribution in [2.45, 2.75) is 32.4 Å². The first-order valence-corrected chi connectivity index (χ1v) is 3.77. The number of carbonyl (C=O) groups is 1. The van der Waals surface area contributed by atoms with Crippen LogP contribution in [0.25, 0.3) is 0 Å². The summed E-state index contributed by atoms with van der Waals surface area (Å²) in [6.07, 6.45) is 0.874. The lowest BCUT2D eigenvalue weighted by Crippen LogP contribution is -2.56. The Morgan fingerprint density at radius 2 is 2.40 bits per heavy atom. The highest BCUT2D eigenvalue weighted by Gasteiger charge is 2.22. The second kappa shape index (κ2) is 3.01. The molecular weight excluding hydrogens is 128 g/mol. The van der Waals surface area contributed by atoms with E-state index in [-0.39, 0.29) is 18.0 Å². The largest absolute Gasteiger partial charge is 0.351 e. The van der Waals surface area contributed by atoms with Crippen LogP contribution in [0.1, 0.15) is 20.3 Å². The average molecular weight is 142 g/mol. The number of rotatable bonds is 1. The number of piperazine rings is 1. The molecule has 0 aliphatic carbocycles. The number of nitrogens with one attached hydrogen (secondary N) is 2. The van der Waals surface area contributed by atoms with Crippen LogP contribution in [-0.2, 0) is 4.79 Å². The third kappa shape index (κ3) is 1.48. The molecule has 0 spiro atoms. The summed E-state index contributed by atoms with van der Waals surface area (Å²) in [5.74, 6) is 0.140. The van der Waals surface area contributed by atoms with Crippen LogP contribution in [0.5, 0.6) is 0 Å². The van der Waals surface area contributed by atoms with Gasteiger partial charge in [-0.25, -0.2) is 0 Å². The third-order valence-electron chi connectivity index (χ3n) is 1.78. The zero-order valence-electron chi connectivity index (χ0n) is 6.48. The molecule has 0 aromatic carbocycles. The van der Waals surface area contributed by atoms with E-state index in [0.717, 1.165) is 13.0 Å². The topological polar surface area (TPSA) is 41.1 Å². The maximum Gasteiger partial charge on any atom is 0.237 e. The molecule has 58 valence electrons. The van der Waals surface area contributed by atoms with Crippen LogP contribution < -0.4 is 10.6 Å². The van der Waals surface area contributed by atoms with Crippen molar-refractivity contribution in [1.82, 2.24) is 10.6 Å². The Labute approximate surface area is 61.2 Å². The van der Waals surface area contributed by atoms with Gasteiger partial charge in [0.15, 0.2) is 0 Å². The molecule has 3 nitrogen and oxygen atoms in total. The van der Waals surface area contributed by atoms with E-state index >= 15 is 0 Å². The van der Waals surface area contributed by atoms with Gasteiger partial charge in [-0.1, -0.05) is 6.92 Å². The first-order valence-electron chi connectivity index (χ1n) is 3.77. The Morgan fingerprint density at radius 1 is 1.70 bits per heavy atom. The molecule has 1 aliphatic rings. The van der Waals surface area contributed by atoms with E-state index in [9.17, 15) is 4.79 Å². The Balaban J connectivity index is 2.43. The number of carbonyl (C=O) groups excluding carboxylic acids is 1. The molecule has 1 heterocycles. The van der Waals surface area contributed by atoms with Gasteiger partial charge < -0.3 is 10.6 Å². The molecule has 1 rings (SSSR count). The van der Waals surface area contributed by atoms with Crippen LogP contribution in [0, 0.1) is 0 Å². The van der Waals surface area contributed by atoms with Crippen LogP contribution in [0.3, 0.4) is 0 Å². The summed E-state index contributed by atoms with van der Waals surface area (Å²) < 4.78 is 0. The van der Waals surface area contributed by atoms with Crippen molar-refractivity contribution in [3.05, 3.63) is 0 Å². The zero-order valence-corrected chi connectivity index (χ0v) is 6.48. The van der Waals surface area contributed by atoms with Crippen molar-refractivity contribution < 1.29 is 4.79 Å². The number of hydrogen-bond acceptors (Lipinski definition) is 2. The quantitative estimate of drug-likeness (QED) is 0.535. The molecule has 0 aromatic rings. The van der Waals surface area contributed by atoms with Crippen LogP contribution in [-0.4, -0.2) is 24.5 Å². The standard InChI is InChI=1S/C7H14N2O/c1-3-6-7(10)9-5(2)4-8-6/h5-6,8H,3-4H2,1-2H3,(H,9,10)/t5-,6+/m0/s1. The summed E-state index contributed by atoms with van der Waals surface area (Å²) in [5.41, 5.74) is 0. The Bertz CT molecular complexity index is 136. The average Bonchev–Trinajstić information content (AvgIpc) is 1.88. The molecule has 1 aliphatic heterocycles. The SMILES string of the molecule is CC[C@H]1NC[C@H](C)NC1=O. The first-order chi connectivity index (χ1) is 4.74. The van der Waals surface area contributed by atoms with E-state index in [1.54, 1.807) is 0 Å². The van der Waals surface area contributed by atoms with Crippen molar-refractivity contribution in [2.75, 3.05) is 6.54 Å². The Hall–Kier alpha value is -0.570. The molecule has 1 amide bonds. The molecule has 0 unspecified atom stereocenters. The lowest BCUT2D eigenvalue weighted by atomic mass is 10.1. The van der Waals surface area contributed by atoms with Crippen LogP contribution in [0.4, 0.5) is 0 Å². The van der Waals surface area contributed by atoms with Crippen molar-refractivity contribution >= 4 is 5.91 Å². The van der Waals surface area contributed by atoms with Crippen molar-refractivity contribution in [2.24, 2.45) is 0 Å². The van der Waals surface area contributed by atoms with Gasteiger partial charge in [-0.3, -0.25) is 4.79 Å². The van der Waals surface area contributed by atoms with Crippen LogP contribution in [0.2, 0.25) is 0 Å². The smallest absolute Gasteiger partial charge is 0.237 e. The molecule has 2 atom stereocenters. The normalized spacial score (nSPS) is 33.6. The molecule has 0 aromatic heterocycles. The molecule has 10 heavy (non-hydrogen) atoms. The van der Waals surface area contributed by atoms with Gasteiger partial charge >= 0.3 is 0 Å². The summed E-state index contributed by atoms with van der Waals surface area (Å²) in [7, 11) is 0. The van der Waals surface area contributed by atoms with E-state index in [0.29, 0.717) is 0 Å². The third-order valence-corrected chi connectivity index (χ3v) is 1.78. The lowest BCUT2D eigenvalue weighted by molar-refractivity contribution is -0.125. The van der Waals surface area contributed by atoms with Gasteiger partial charge in [0.1, 0.15) is 0 Å². The van der Waals surface area contributed by atoms with Gasteiger partial charge in [0.2, 0.25) is 5.91 Å². The van der Waals surface area contributed by atoms with E-state index in [1.807, 2.05) is 13.8 Å². The van der Waals surface area contributed by atoms with Gasteiger partial charge in [-0.2, -0.15) is 0 Å². The minimum atomic E-state index is 0.0381. The van der Waals surface area contributed by atoms with Gasteiger partial charge in [0, 0.05) is 12.6 Å². The summed E-state index contributed by atoms with van der Waals surface area (Å²) in [6.45, 7) is 4.90. The van der Waals surface area contributed by atoms with E-state index in [4.69, 9.17) is 0 Å². The highest BCUT2D eigenvalue weighted by molar-refractivity contribution is 5.82. The highest BCUT2D eigenvalue weighted by Crippen LogP contribution is 1.97. The predicted octanol–water partition coefficient (Wildman–Crippen LogP) is -0.127. The molecule has 1 fully saturated rings. The Morgan fingerprint density at radius 3 is 2.90 bits per heavy atom. The second-order valence-electron chi connectivity index (χ2n) is 2.78. The van der Waals surface area contributed by atoms with Gasteiger partial charge in [0.05, 0.1) is 6.04 Å². The maximum atomic E-state index is 11.1. The fraction of sp³-hybridized carbons (Fsp3) is 0.857. The molecule has 1 saturated heterocycles. The van der Waals surface area contributed by atoms with Crippen LogP contribution in [0.15, 0.2) is 0 Å². The summed E-state index contributed by atoms with van der Waals surface area (Å²) in [6, 6.07) is 0.325. The van der Waals surface area contributed by atoms with Crippen LogP contribution >= 0.6 is 0 Å². The summed E-state index contributed by atoms with van der Waals surface area (Å²) >= 11 is 0. The van der Waals surface area contributed by atoms with Gasteiger partial charge in [-0.05, 0) is 13.3 Å². The first kappa shape index (κ1) is 7.54. The van der Waals surface area contributed by atoms with Crippen molar-refractivity contribution in [1.29, 1.82) is 0 Å². The number of hydrogen-bond donors (Lipinski definition) is 2. The van der Waals surface area contributed by atoms with E-state index < -0.39 is 0 Å². The fourth-order valence-electron chi connectivity index (χ4n) is 1.14. The second-order valence-corrected chi connectivity index (χ2v) is 2.78. The molecular formula is C7H14N2O.